The molecule has 2 aromatic rings. The van der Waals surface area contributed by atoms with Crippen molar-refractivity contribution in [3.8, 4) is 0 Å². The van der Waals surface area contributed by atoms with Gasteiger partial charge < -0.3 is 0 Å². The van der Waals surface area contributed by atoms with Crippen LogP contribution in [0.4, 0.5) is 0 Å². The summed E-state index contributed by atoms with van der Waals surface area (Å²) in [6.07, 6.45) is 8.05. The minimum absolute atomic E-state index is 0.197. The number of benzene rings is 2. The fourth-order valence-corrected chi connectivity index (χ4v) is 8.50. The van der Waals surface area contributed by atoms with Crippen LogP contribution in [0.3, 0.4) is 0 Å². The number of rotatable bonds is 2. The van der Waals surface area contributed by atoms with Crippen LogP contribution in [0, 0.1) is 5.92 Å². The maximum atomic E-state index is 13.9. The van der Waals surface area contributed by atoms with Crippen LogP contribution in [0.1, 0.15) is 54.4 Å². The predicted molar refractivity (Wildman–Crippen MR) is 103 cm³/mol. The Bertz CT molecular complexity index is 724. The molecule has 1 aliphatic heterocycles. The molecule has 1 nitrogen and oxygen atoms in total. The van der Waals surface area contributed by atoms with Gasteiger partial charge >= 0.3 is 0 Å². The molecule has 0 aromatic heterocycles. The first-order chi connectivity index (χ1) is 11.7. The average Bonchev–Trinajstić information content (AvgIpc) is 2.63. The monoisotopic (exact) mass is 339 g/mol. The van der Waals surface area contributed by atoms with Crippen molar-refractivity contribution in [3.05, 3.63) is 71.8 Å². The van der Waals surface area contributed by atoms with Crippen molar-refractivity contribution in [1.82, 2.24) is 0 Å². The third-order valence-corrected chi connectivity index (χ3v) is 9.69. The van der Waals surface area contributed by atoms with E-state index in [2.05, 4.69) is 66.9 Å². The summed E-state index contributed by atoms with van der Waals surface area (Å²) in [5.74, 6) is 1.15. The average molecular weight is 340 g/mol. The Morgan fingerprint density at radius 1 is 0.833 bits per heavy atom. The van der Waals surface area contributed by atoms with E-state index in [-0.39, 0.29) is 5.25 Å². The second kappa shape index (κ2) is 6.48. The van der Waals surface area contributed by atoms with Crippen molar-refractivity contribution in [2.45, 2.75) is 48.5 Å². The van der Waals surface area contributed by atoms with E-state index in [1.165, 1.54) is 30.4 Å². The molecule has 0 N–H and O–H groups in total. The second-order valence-corrected chi connectivity index (χ2v) is 10.7. The highest BCUT2D eigenvalue weighted by Crippen LogP contribution is 2.54. The molecule has 1 saturated heterocycles. The van der Waals surface area contributed by atoms with E-state index in [1.807, 2.05) is 0 Å². The lowest BCUT2D eigenvalue weighted by molar-refractivity contribution is 0.277. The first kappa shape index (κ1) is 16.1. The summed E-state index contributed by atoms with van der Waals surface area (Å²) in [4.78, 5) is 0. The maximum Gasteiger partial charge on any atom is 0.147 e. The highest BCUT2D eigenvalue weighted by atomic mass is 32.2. The Morgan fingerprint density at radius 2 is 1.42 bits per heavy atom. The van der Waals surface area contributed by atoms with Crippen molar-refractivity contribution in [2.75, 3.05) is 6.26 Å². The van der Waals surface area contributed by atoms with Crippen LogP contribution in [-0.2, 0) is 14.1 Å². The molecule has 2 fully saturated rings. The van der Waals surface area contributed by atoms with Crippen LogP contribution >= 0.6 is 0 Å². The SMILES string of the molecule is C[S+]1(=O)C(c2ccccc2)CC(c2ccccc2)C2CCCCC21. The zero-order chi connectivity index (χ0) is 16.6. The fraction of sp³-hybridized carbons (Fsp3) is 0.455. The van der Waals surface area contributed by atoms with Crippen LogP contribution < -0.4 is 0 Å². The van der Waals surface area contributed by atoms with Crippen molar-refractivity contribution >= 4 is 9.93 Å². The van der Waals surface area contributed by atoms with Gasteiger partial charge in [0.25, 0.3) is 0 Å². The smallest absolute Gasteiger partial charge is 0.105 e. The van der Waals surface area contributed by atoms with E-state index in [0.717, 1.165) is 12.8 Å². The molecule has 2 heteroatoms. The van der Waals surface area contributed by atoms with Crippen LogP contribution in [0.2, 0.25) is 0 Å². The van der Waals surface area contributed by atoms with E-state index >= 15 is 0 Å². The fourth-order valence-electron chi connectivity index (χ4n) is 5.13. The largest absolute Gasteiger partial charge is 0.147 e. The zero-order valence-electron chi connectivity index (χ0n) is 14.4. The molecule has 0 bridgehead atoms. The van der Waals surface area contributed by atoms with E-state index in [4.69, 9.17) is 0 Å². The maximum absolute atomic E-state index is 13.9. The molecule has 0 spiro atoms. The highest BCUT2D eigenvalue weighted by Gasteiger charge is 2.55. The zero-order valence-corrected chi connectivity index (χ0v) is 15.3. The molecule has 2 aliphatic rings. The summed E-state index contributed by atoms with van der Waals surface area (Å²) in [6, 6.07) is 21.6. The molecule has 126 valence electrons. The lowest BCUT2D eigenvalue weighted by Gasteiger charge is -2.44. The van der Waals surface area contributed by atoms with Crippen LogP contribution in [0.25, 0.3) is 0 Å². The second-order valence-electron chi connectivity index (χ2n) is 7.61. The van der Waals surface area contributed by atoms with Crippen molar-refractivity contribution in [2.24, 2.45) is 5.92 Å². The van der Waals surface area contributed by atoms with E-state index in [1.54, 1.807) is 0 Å². The third-order valence-electron chi connectivity index (χ3n) is 6.30. The van der Waals surface area contributed by atoms with Gasteiger partial charge in [0.1, 0.15) is 16.8 Å². The third kappa shape index (κ3) is 2.75. The topological polar surface area (TPSA) is 17.1 Å². The molecule has 4 rings (SSSR count). The van der Waals surface area contributed by atoms with Crippen molar-refractivity contribution < 1.29 is 4.21 Å². The summed E-state index contributed by atoms with van der Waals surface area (Å²) < 4.78 is 13.9. The van der Waals surface area contributed by atoms with Crippen LogP contribution in [0.5, 0.6) is 0 Å². The van der Waals surface area contributed by atoms with E-state index in [9.17, 15) is 4.21 Å². The summed E-state index contributed by atoms with van der Waals surface area (Å²) in [6.45, 7) is 0. The minimum Gasteiger partial charge on any atom is -0.105 e. The minimum atomic E-state index is -1.87. The summed E-state index contributed by atoms with van der Waals surface area (Å²) in [5, 5.41) is 0.582. The summed E-state index contributed by atoms with van der Waals surface area (Å²) >= 11 is 0. The van der Waals surface area contributed by atoms with Gasteiger partial charge in [-0.3, -0.25) is 0 Å². The Balaban J connectivity index is 1.77. The molecule has 5 atom stereocenters. The van der Waals surface area contributed by atoms with Gasteiger partial charge in [0.2, 0.25) is 0 Å². The Labute approximate surface area is 146 Å². The van der Waals surface area contributed by atoms with Crippen molar-refractivity contribution in [1.29, 1.82) is 0 Å². The lowest BCUT2D eigenvalue weighted by atomic mass is 9.73. The van der Waals surface area contributed by atoms with E-state index in [0.29, 0.717) is 17.1 Å². The van der Waals surface area contributed by atoms with E-state index < -0.39 is 9.93 Å². The van der Waals surface area contributed by atoms with Gasteiger partial charge in [-0.2, -0.15) is 0 Å². The van der Waals surface area contributed by atoms with Gasteiger partial charge in [-0.05, 0) is 30.7 Å². The Hall–Kier alpha value is -1.41. The molecular weight excluding hydrogens is 312 g/mol. The standard InChI is InChI=1S/C22H27OS/c1-24(23)21-15-9-8-14-19(21)20(17-10-4-2-5-11-17)16-22(24)18-12-6-3-7-13-18/h2-7,10-13,19-22H,8-9,14-16H2,1H3/q+1. The Morgan fingerprint density at radius 3 is 2.08 bits per heavy atom. The first-order valence-electron chi connectivity index (χ1n) is 9.24. The van der Waals surface area contributed by atoms with Gasteiger partial charge in [0.15, 0.2) is 0 Å². The van der Waals surface area contributed by atoms with Gasteiger partial charge in [-0.25, -0.2) is 0 Å². The molecule has 2 aromatic carbocycles. The van der Waals surface area contributed by atoms with Crippen molar-refractivity contribution in [3.63, 3.8) is 0 Å². The van der Waals surface area contributed by atoms with Crippen LogP contribution in [-0.4, -0.2) is 11.5 Å². The normalized spacial score (nSPS) is 36.0. The molecule has 0 amide bonds. The summed E-state index contributed by atoms with van der Waals surface area (Å²) in [7, 11) is -1.87. The van der Waals surface area contributed by atoms with Gasteiger partial charge in [-0.1, -0.05) is 67.1 Å². The summed E-state index contributed by atoms with van der Waals surface area (Å²) in [5.41, 5.74) is 2.72. The molecule has 5 unspecified atom stereocenters. The van der Waals surface area contributed by atoms with Crippen LogP contribution in [0.15, 0.2) is 60.7 Å². The van der Waals surface area contributed by atoms with Gasteiger partial charge in [-0.15, -0.1) is 4.21 Å². The highest BCUT2D eigenvalue weighted by molar-refractivity contribution is 8.03. The molecule has 24 heavy (non-hydrogen) atoms. The first-order valence-corrected chi connectivity index (χ1v) is 11.3. The quantitative estimate of drug-likeness (QED) is 0.651. The molecule has 1 aliphatic carbocycles. The predicted octanol–water partition coefficient (Wildman–Crippen LogP) is 5.60. The number of hydrogen-bond acceptors (Lipinski definition) is 1. The number of fused-ring (bicyclic) bond motifs is 1. The lowest BCUT2D eigenvalue weighted by Crippen LogP contribution is -2.47. The Kier molecular flexibility index (Phi) is 4.34. The number of hydrogen-bond donors (Lipinski definition) is 0. The molecular formula is C22H27OS+. The molecule has 1 saturated carbocycles. The van der Waals surface area contributed by atoms with Gasteiger partial charge in [0, 0.05) is 17.9 Å². The molecule has 1 heterocycles. The molecule has 0 radical (unpaired) electrons. The van der Waals surface area contributed by atoms with Gasteiger partial charge in [0.05, 0.1) is 9.93 Å².